The van der Waals surface area contributed by atoms with Crippen LogP contribution in [0.3, 0.4) is 0 Å². The Bertz CT molecular complexity index is 645. The van der Waals surface area contributed by atoms with E-state index in [9.17, 15) is 13.2 Å². The number of piperazine rings is 1. The van der Waals surface area contributed by atoms with Crippen molar-refractivity contribution in [2.24, 2.45) is 11.1 Å². The molecule has 0 saturated carbocycles. The molecule has 128 valence electrons. The molecule has 0 aliphatic carbocycles. The van der Waals surface area contributed by atoms with Crippen LogP contribution in [0.2, 0.25) is 0 Å². The van der Waals surface area contributed by atoms with E-state index in [-0.39, 0.29) is 16.2 Å². The van der Waals surface area contributed by atoms with E-state index in [4.69, 9.17) is 5.73 Å². The highest BCUT2D eigenvalue weighted by Crippen LogP contribution is 2.21. The molecule has 1 aromatic rings. The van der Waals surface area contributed by atoms with Crippen LogP contribution < -0.4 is 5.73 Å². The Kier molecular flexibility index (Phi) is 5.13. The van der Waals surface area contributed by atoms with E-state index < -0.39 is 16.1 Å². The maximum Gasteiger partial charge on any atom is 0.243 e. The number of sulfonamides is 1. The maximum absolute atomic E-state index is 12.6. The summed E-state index contributed by atoms with van der Waals surface area (Å²) in [5.74, 6) is -0.116. The van der Waals surface area contributed by atoms with Gasteiger partial charge in [0, 0.05) is 26.2 Å². The van der Waals surface area contributed by atoms with Gasteiger partial charge in [-0.2, -0.15) is 4.31 Å². The largest absolute Gasteiger partial charge is 0.339 e. The van der Waals surface area contributed by atoms with Gasteiger partial charge in [-0.1, -0.05) is 39.0 Å². The maximum atomic E-state index is 12.6. The fourth-order valence-electron chi connectivity index (χ4n) is 2.46. The smallest absolute Gasteiger partial charge is 0.243 e. The summed E-state index contributed by atoms with van der Waals surface area (Å²) in [7, 11) is -3.50. The van der Waals surface area contributed by atoms with Gasteiger partial charge in [-0.25, -0.2) is 8.42 Å². The lowest BCUT2D eigenvalue weighted by atomic mass is 9.86. The Labute approximate surface area is 138 Å². The third-order valence-corrected chi connectivity index (χ3v) is 6.04. The Morgan fingerprint density at radius 1 is 1.09 bits per heavy atom. The minimum absolute atomic E-state index is 0.116. The third kappa shape index (κ3) is 3.91. The SMILES string of the molecule is CC(C)(C)[C@H](N)C(=O)N1CCN(S(=O)(=O)c2ccccc2)CC1. The topological polar surface area (TPSA) is 83.7 Å². The molecule has 1 aromatic carbocycles. The molecule has 0 unspecified atom stereocenters. The summed E-state index contributed by atoms with van der Waals surface area (Å²) >= 11 is 0. The first-order valence-corrected chi connectivity index (χ1v) is 9.17. The lowest BCUT2D eigenvalue weighted by molar-refractivity contribution is -0.136. The monoisotopic (exact) mass is 339 g/mol. The van der Waals surface area contributed by atoms with Crippen LogP contribution in [0.4, 0.5) is 0 Å². The summed E-state index contributed by atoms with van der Waals surface area (Å²) in [6.07, 6.45) is 0. The predicted molar refractivity (Wildman–Crippen MR) is 89.2 cm³/mol. The van der Waals surface area contributed by atoms with Crippen LogP contribution in [-0.4, -0.2) is 55.8 Å². The van der Waals surface area contributed by atoms with E-state index in [1.807, 2.05) is 20.8 Å². The van der Waals surface area contributed by atoms with E-state index in [1.165, 1.54) is 4.31 Å². The number of hydrogen-bond donors (Lipinski definition) is 1. The normalized spacial score (nSPS) is 18.7. The molecule has 1 aliphatic rings. The summed E-state index contributed by atoms with van der Waals surface area (Å²) in [4.78, 5) is 14.3. The number of benzene rings is 1. The second-order valence-electron chi connectivity index (χ2n) is 6.89. The fourth-order valence-corrected chi connectivity index (χ4v) is 3.90. The third-order valence-electron chi connectivity index (χ3n) is 4.13. The lowest BCUT2D eigenvalue weighted by Gasteiger charge is -2.37. The van der Waals surface area contributed by atoms with Crippen LogP contribution in [0, 0.1) is 5.41 Å². The average Bonchev–Trinajstić information content (AvgIpc) is 2.53. The van der Waals surface area contributed by atoms with Crippen LogP contribution in [0.1, 0.15) is 20.8 Å². The molecule has 0 radical (unpaired) electrons. The first-order chi connectivity index (χ1) is 10.6. The van der Waals surface area contributed by atoms with Crippen molar-refractivity contribution >= 4 is 15.9 Å². The van der Waals surface area contributed by atoms with Crippen molar-refractivity contribution in [2.75, 3.05) is 26.2 Å². The van der Waals surface area contributed by atoms with E-state index in [0.717, 1.165) is 0 Å². The zero-order chi connectivity index (χ0) is 17.3. The fraction of sp³-hybridized carbons (Fsp3) is 0.562. The van der Waals surface area contributed by atoms with Gasteiger partial charge in [0.25, 0.3) is 0 Å². The summed E-state index contributed by atoms with van der Waals surface area (Å²) in [6.45, 7) is 7.09. The Balaban J connectivity index is 2.03. The molecule has 7 heteroatoms. The lowest BCUT2D eigenvalue weighted by Crippen LogP contribution is -2.56. The van der Waals surface area contributed by atoms with Crippen molar-refractivity contribution < 1.29 is 13.2 Å². The summed E-state index contributed by atoms with van der Waals surface area (Å²) in [5, 5.41) is 0. The second kappa shape index (κ2) is 6.59. The first kappa shape index (κ1) is 17.9. The molecule has 6 nitrogen and oxygen atoms in total. The molecule has 1 amide bonds. The molecular weight excluding hydrogens is 314 g/mol. The van der Waals surface area contributed by atoms with Gasteiger partial charge in [-0.05, 0) is 17.5 Å². The number of nitrogens with zero attached hydrogens (tertiary/aromatic N) is 2. The molecular formula is C16H25N3O3S. The summed E-state index contributed by atoms with van der Waals surface area (Å²) in [6, 6.07) is 7.78. The van der Waals surface area contributed by atoms with Gasteiger partial charge in [0.15, 0.2) is 0 Å². The molecule has 1 aliphatic heterocycles. The van der Waals surface area contributed by atoms with Crippen molar-refractivity contribution in [3.05, 3.63) is 30.3 Å². The summed E-state index contributed by atoms with van der Waals surface area (Å²) in [5.41, 5.74) is 5.70. The van der Waals surface area contributed by atoms with Crippen LogP contribution >= 0.6 is 0 Å². The minimum Gasteiger partial charge on any atom is -0.339 e. The highest BCUT2D eigenvalue weighted by atomic mass is 32.2. The molecule has 0 bridgehead atoms. The van der Waals surface area contributed by atoms with E-state index >= 15 is 0 Å². The number of nitrogens with two attached hydrogens (primary N) is 1. The number of hydrogen-bond acceptors (Lipinski definition) is 4. The van der Waals surface area contributed by atoms with E-state index in [0.29, 0.717) is 26.2 Å². The summed E-state index contributed by atoms with van der Waals surface area (Å²) < 4.78 is 26.5. The second-order valence-corrected chi connectivity index (χ2v) is 8.82. The standard InChI is InChI=1S/C16H25N3O3S/c1-16(2,3)14(17)15(20)18-9-11-19(12-10-18)23(21,22)13-7-5-4-6-8-13/h4-8,14H,9-12,17H2,1-3H3/t14-/m1/s1. The van der Waals surface area contributed by atoms with Gasteiger partial charge in [0.05, 0.1) is 10.9 Å². The molecule has 23 heavy (non-hydrogen) atoms. The van der Waals surface area contributed by atoms with Crippen LogP contribution in [0.15, 0.2) is 35.2 Å². The molecule has 0 spiro atoms. The highest BCUT2D eigenvalue weighted by molar-refractivity contribution is 7.89. The number of amides is 1. The van der Waals surface area contributed by atoms with Crippen LogP contribution in [-0.2, 0) is 14.8 Å². The predicted octanol–water partition coefficient (Wildman–Crippen LogP) is 0.893. The van der Waals surface area contributed by atoms with Gasteiger partial charge in [0.1, 0.15) is 0 Å². The van der Waals surface area contributed by atoms with Gasteiger partial charge in [-0.3, -0.25) is 4.79 Å². The number of rotatable bonds is 3. The quantitative estimate of drug-likeness (QED) is 0.886. The molecule has 1 fully saturated rings. The van der Waals surface area contributed by atoms with Crippen molar-refractivity contribution in [3.63, 3.8) is 0 Å². The highest BCUT2D eigenvalue weighted by Gasteiger charge is 2.35. The van der Waals surface area contributed by atoms with E-state index in [1.54, 1.807) is 35.2 Å². The molecule has 1 saturated heterocycles. The zero-order valence-electron chi connectivity index (χ0n) is 13.9. The number of carbonyl (C=O) groups is 1. The van der Waals surface area contributed by atoms with Crippen molar-refractivity contribution in [1.82, 2.24) is 9.21 Å². The van der Waals surface area contributed by atoms with Gasteiger partial charge in [-0.15, -0.1) is 0 Å². The zero-order valence-corrected chi connectivity index (χ0v) is 14.7. The Morgan fingerprint density at radius 3 is 2.09 bits per heavy atom. The minimum atomic E-state index is -3.50. The van der Waals surface area contributed by atoms with Crippen molar-refractivity contribution in [1.29, 1.82) is 0 Å². The molecule has 1 heterocycles. The first-order valence-electron chi connectivity index (χ1n) is 7.73. The van der Waals surface area contributed by atoms with Gasteiger partial charge >= 0.3 is 0 Å². The van der Waals surface area contributed by atoms with Gasteiger partial charge < -0.3 is 10.6 Å². The molecule has 1 atom stereocenters. The molecule has 2 N–H and O–H groups in total. The Morgan fingerprint density at radius 2 is 1.61 bits per heavy atom. The van der Waals surface area contributed by atoms with Crippen LogP contribution in [0.25, 0.3) is 0 Å². The average molecular weight is 339 g/mol. The Hall–Kier alpha value is -1.44. The van der Waals surface area contributed by atoms with Gasteiger partial charge in [0.2, 0.25) is 15.9 Å². The number of carbonyl (C=O) groups excluding carboxylic acids is 1. The van der Waals surface area contributed by atoms with Crippen LogP contribution in [0.5, 0.6) is 0 Å². The van der Waals surface area contributed by atoms with E-state index in [2.05, 4.69) is 0 Å². The van der Waals surface area contributed by atoms with Crippen molar-refractivity contribution in [2.45, 2.75) is 31.7 Å². The van der Waals surface area contributed by atoms with Crippen molar-refractivity contribution in [3.8, 4) is 0 Å². The molecule has 0 aromatic heterocycles. The molecule has 2 rings (SSSR count).